The molecular weight excluding hydrogens is 571 g/mol. The molecule has 0 aliphatic carbocycles. The van der Waals surface area contributed by atoms with Gasteiger partial charge in [0.25, 0.3) is 5.79 Å². The Morgan fingerprint density at radius 3 is 1.75 bits per heavy atom. The molecule has 0 spiro atoms. The van der Waals surface area contributed by atoms with E-state index < -0.39 is 58.4 Å². The van der Waals surface area contributed by atoms with E-state index in [2.05, 4.69) is 4.18 Å². The van der Waals surface area contributed by atoms with Crippen molar-refractivity contribution in [2.75, 3.05) is 39.6 Å². The van der Waals surface area contributed by atoms with Gasteiger partial charge in [0.2, 0.25) is 0 Å². The van der Waals surface area contributed by atoms with Crippen molar-refractivity contribution in [3.8, 4) is 0 Å². The smallest absolute Gasteiger partial charge is 0.379 e. The van der Waals surface area contributed by atoms with Gasteiger partial charge in [0, 0.05) is 26.4 Å². The molecule has 5 atom stereocenters. The Balaban J connectivity index is 3.52. The van der Waals surface area contributed by atoms with Crippen molar-refractivity contribution in [3.05, 3.63) is 0 Å². The van der Waals surface area contributed by atoms with Crippen LogP contribution in [0, 0.1) is 0 Å². The maximum atomic E-state index is 15.6. The summed E-state index contributed by atoms with van der Waals surface area (Å²) in [5, 5.41) is 11.4. The molecular formula is C25H45F5O9S. The summed E-state index contributed by atoms with van der Waals surface area (Å²) in [6.45, 7) is 5.26. The lowest BCUT2D eigenvalue weighted by molar-refractivity contribution is -0.424. The third-order valence-corrected chi connectivity index (χ3v) is 7.24. The molecule has 9 nitrogen and oxygen atoms in total. The summed E-state index contributed by atoms with van der Waals surface area (Å²) in [4.78, 5) is 0. The Morgan fingerprint density at radius 1 is 0.775 bits per heavy atom. The van der Waals surface area contributed by atoms with Crippen molar-refractivity contribution in [3.63, 3.8) is 0 Å². The monoisotopic (exact) mass is 616 g/mol. The quantitative estimate of drug-likeness (QED) is 0.0830. The zero-order valence-corrected chi connectivity index (χ0v) is 24.5. The van der Waals surface area contributed by atoms with Crippen LogP contribution in [0.4, 0.5) is 22.0 Å². The minimum absolute atomic E-state index is 0.0759. The fraction of sp³-hybridized carbons (Fsp3) is 1.00. The lowest BCUT2D eigenvalue weighted by Gasteiger charge is -2.52. The molecule has 15 heteroatoms. The fourth-order valence-electron chi connectivity index (χ4n) is 3.84. The molecule has 240 valence electrons. The number of alkyl halides is 5. The molecule has 1 N–H and O–H groups in total. The van der Waals surface area contributed by atoms with Crippen LogP contribution in [0.5, 0.6) is 0 Å². The Hall–Kier alpha value is -0.680. The third-order valence-electron chi connectivity index (χ3n) is 6.24. The number of aliphatic hydroxyl groups is 1. The van der Waals surface area contributed by atoms with Crippen LogP contribution in [0.15, 0.2) is 0 Å². The Kier molecular flexibility index (Phi) is 16.3. The summed E-state index contributed by atoms with van der Waals surface area (Å²) in [5.74, 6) is -8.35. The minimum atomic E-state index is -6.39. The number of hydrogen-bond acceptors (Lipinski definition) is 9. The summed E-state index contributed by atoms with van der Waals surface area (Å²) in [6.07, 6.45) is -0.714. The molecule has 40 heavy (non-hydrogen) atoms. The Bertz CT molecular complexity index is 800. The lowest BCUT2D eigenvalue weighted by Crippen LogP contribution is -2.73. The first-order valence-corrected chi connectivity index (χ1v) is 15.3. The highest BCUT2D eigenvalue weighted by Gasteiger charge is 2.68. The van der Waals surface area contributed by atoms with Gasteiger partial charge in [-0.1, -0.05) is 53.4 Å². The number of ether oxygens (including phenoxy) is 5. The molecule has 1 fully saturated rings. The second-order valence-electron chi connectivity index (χ2n) is 9.67. The first-order chi connectivity index (χ1) is 18.7. The van der Waals surface area contributed by atoms with Gasteiger partial charge in [-0.15, -0.1) is 0 Å². The van der Waals surface area contributed by atoms with Crippen molar-refractivity contribution >= 4 is 10.1 Å². The van der Waals surface area contributed by atoms with E-state index >= 15 is 8.78 Å². The zero-order chi connectivity index (χ0) is 30.5. The molecule has 0 radical (unpaired) electrons. The average molecular weight is 617 g/mol. The average Bonchev–Trinajstić information content (AvgIpc) is 2.88. The van der Waals surface area contributed by atoms with Gasteiger partial charge in [-0.25, -0.2) is 0 Å². The normalized spacial score (nSPS) is 26.4. The van der Waals surface area contributed by atoms with Crippen molar-refractivity contribution in [1.82, 2.24) is 0 Å². The van der Waals surface area contributed by atoms with Gasteiger partial charge in [0.05, 0.1) is 6.61 Å². The molecule has 0 bridgehead atoms. The zero-order valence-electron chi connectivity index (χ0n) is 23.7. The van der Waals surface area contributed by atoms with Gasteiger partial charge in [0.15, 0.2) is 0 Å². The second kappa shape index (κ2) is 17.4. The van der Waals surface area contributed by atoms with E-state index in [-0.39, 0.29) is 33.0 Å². The van der Waals surface area contributed by atoms with Crippen LogP contribution in [0.1, 0.15) is 79.1 Å². The number of hydrogen-bond donors (Lipinski definition) is 1. The minimum Gasteiger partial charge on any atom is -0.379 e. The van der Waals surface area contributed by atoms with Gasteiger partial charge in [-0.2, -0.15) is 30.4 Å². The Morgan fingerprint density at radius 2 is 1.25 bits per heavy atom. The molecule has 0 aromatic rings. The van der Waals surface area contributed by atoms with Crippen molar-refractivity contribution in [1.29, 1.82) is 0 Å². The van der Waals surface area contributed by atoms with E-state index in [0.29, 0.717) is 38.5 Å². The van der Waals surface area contributed by atoms with E-state index in [9.17, 15) is 26.7 Å². The van der Waals surface area contributed by atoms with Gasteiger partial charge < -0.3 is 28.8 Å². The van der Waals surface area contributed by atoms with Crippen LogP contribution in [0.2, 0.25) is 0 Å². The number of unbranched alkanes of at least 4 members (excludes halogenated alkanes) is 4. The predicted molar refractivity (Wildman–Crippen MR) is 135 cm³/mol. The van der Waals surface area contributed by atoms with Crippen molar-refractivity contribution < 1.29 is 63.3 Å². The maximum absolute atomic E-state index is 15.6. The molecule has 0 unspecified atom stereocenters. The lowest BCUT2D eigenvalue weighted by atomic mass is 9.88. The Labute approximate surface area is 234 Å². The van der Waals surface area contributed by atoms with E-state index in [1.807, 2.05) is 27.7 Å². The highest BCUT2D eigenvalue weighted by Crippen LogP contribution is 2.44. The summed E-state index contributed by atoms with van der Waals surface area (Å²) in [7, 11) is -6.39. The molecule has 1 rings (SSSR count). The van der Waals surface area contributed by atoms with Crippen molar-refractivity contribution in [2.45, 2.75) is 121 Å². The van der Waals surface area contributed by atoms with E-state index in [1.165, 1.54) is 0 Å². The van der Waals surface area contributed by atoms with Crippen LogP contribution in [-0.2, 0) is 38.0 Å². The molecule has 0 amide bonds. The van der Waals surface area contributed by atoms with Gasteiger partial charge in [-0.05, 0) is 25.7 Å². The molecule has 1 heterocycles. The summed E-state index contributed by atoms with van der Waals surface area (Å²) >= 11 is 0. The standard InChI is InChI=1S/C25H45F5O9S/c1-5-9-13-34-17-19-20(35-14-10-6-2)21(36-15-11-7-3)22(37-16-12-8-4)24(31,39-19)23(26,27)18-38-40(32,33)25(28,29)30/h19-22,31H,5-18H2,1-4H3/t19-,20+,21+,22-,24-/m1/s1. The van der Waals surface area contributed by atoms with Gasteiger partial charge >= 0.3 is 21.5 Å². The van der Waals surface area contributed by atoms with Crippen LogP contribution in [0.25, 0.3) is 0 Å². The molecule has 0 saturated carbocycles. The molecule has 1 aliphatic rings. The SMILES string of the molecule is CCCCOC[C@H]1O[C@@](O)(C(F)(F)COS(=O)(=O)C(F)(F)F)[C@H](OCCCC)[C@@H](OCCCC)[C@H]1OCCCC. The van der Waals surface area contributed by atoms with E-state index in [0.717, 1.165) is 12.8 Å². The van der Waals surface area contributed by atoms with E-state index in [4.69, 9.17) is 23.7 Å². The largest absolute Gasteiger partial charge is 0.523 e. The van der Waals surface area contributed by atoms with Crippen molar-refractivity contribution in [2.24, 2.45) is 0 Å². The first-order valence-electron chi connectivity index (χ1n) is 13.9. The molecule has 0 aromatic heterocycles. The predicted octanol–water partition coefficient (Wildman–Crippen LogP) is 4.95. The number of halogens is 5. The topological polar surface area (TPSA) is 110 Å². The van der Waals surface area contributed by atoms with Gasteiger partial charge in [0.1, 0.15) is 31.0 Å². The highest BCUT2D eigenvalue weighted by molar-refractivity contribution is 7.87. The summed E-state index contributed by atoms with van der Waals surface area (Å²) in [6, 6.07) is 0. The van der Waals surface area contributed by atoms with Crippen LogP contribution >= 0.6 is 0 Å². The third kappa shape index (κ3) is 10.5. The highest BCUT2D eigenvalue weighted by atomic mass is 32.2. The molecule has 1 aliphatic heterocycles. The maximum Gasteiger partial charge on any atom is 0.523 e. The molecule has 0 aromatic carbocycles. The number of rotatable bonds is 21. The summed E-state index contributed by atoms with van der Waals surface area (Å²) in [5.41, 5.74) is -5.95. The fourth-order valence-corrected chi connectivity index (χ4v) is 4.27. The summed E-state index contributed by atoms with van der Waals surface area (Å²) < 4.78 is 125. The second-order valence-corrected chi connectivity index (χ2v) is 11.3. The van der Waals surface area contributed by atoms with E-state index in [1.54, 1.807) is 0 Å². The molecule has 1 saturated heterocycles. The van der Waals surface area contributed by atoms with Gasteiger partial charge in [-0.3, -0.25) is 4.18 Å². The van der Waals surface area contributed by atoms with Crippen LogP contribution in [-0.4, -0.2) is 94.8 Å². The first kappa shape index (κ1) is 37.3. The van der Waals surface area contributed by atoms with Crippen LogP contribution < -0.4 is 0 Å². The van der Waals surface area contributed by atoms with Crippen LogP contribution in [0.3, 0.4) is 0 Å².